The molecule has 6 nitrogen and oxygen atoms in total. The molecule has 0 bridgehead atoms. The minimum atomic E-state index is 0.197. The third-order valence-electron chi connectivity index (χ3n) is 3.46. The molecule has 0 radical (unpaired) electrons. The van der Waals surface area contributed by atoms with Crippen molar-refractivity contribution in [3.8, 4) is 11.4 Å². The molecule has 2 aromatic rings. The molecular weight excluding hydrogens is 266 g/mol. The minimum Gasteiger partial charge on any atom is -0.375 e. The SMILES string of the molecule is CC1CN(c2cc(NN)nc(-c3ccccc3)n2)CCO1. The van der Waals surface area contributed by atoms with Crippen LogP contribution >= 0.6 is 0 Å². The van der Waals surface area contributed by atoms with Gasteiger partial charge >= 0.3 is 0 Å². The fraction of sp³-hybridized carbons (Fsp3) is 0.333. The Morgan fingerprint density at radius 1 is 1.29 bits per heavy atom. The summed E-state index contributed by atoms with van der Waals surface area (Å²) in [5.41, 5.74) is 3.59. The highest BCUT2D eigenvalue weighted by atomic mass is 16.5. The highest BCUT2D eigenvalue weighted by molar-refractivity contribution is 5.61. The first kappa shape index (κ1) is 13.8. The lowest BCUT2D eigenvalue weighted by Crippen LogP contribution is -2.41. The van der Waals surface area contributed by atoms with Crippen molar-refractivity contribution in [3.63, 3.8) is 0 Å². The fourth-order valence-electron chi connectivity index (χ4n) is 2.41. The summed E-state index contributed by atoms with van der Waals surface area (Å²) in [4.78, 5) is 11.3. The molecule has 2 heterocycles. The Morgan fingerprint density at radius 3 is 2.81 bits per heavy atom. The predicted octanol–water partition coefficient (Wildman–Crippen LogP) is 1.65. The number of hydrazine groups is 1. The summed E-state index contributed by atoms with van der Waals surface area (Å²) in [7, 11) is 0. The van der Waals surface area contributed by atoms with Gasteiger partial charge in [0.2, 0.25) is 0 Å². The van der Waals surface area contributed by atoms with E-state index >= 15 is 0 Å². The first-order valence-corrected chi connectivity index (χ1v) is 7.04. The normalized spacial score (nSPS) is 18.6. The van der Waals surface area contributed by atoms with Crippen LogP contribution in [0.25, 0.3) is 11.4 Å². The van der Waals surface area contributed by atoms with E-state index in [0.717, 1.165) is 24.5 Å². The van der Waals surface area contributed by atoms with Crippen LogP contribution in [-0.4, -0.2) is 35.8 Å². The van der Waals surface area contributed by atoms with Crippen LogP contribution in [0, 0.1) is 0 Å². The van der Waals surface area contributed by atoms with Crippen LogP contribution in [0.2, 0.25) is 0 Å². The van der Waals surface area contributed by atoms with Crippen LogP contribution in [-0.2, 0) is 4.74 Å². The van der Waals surface area contributed by atoms with Crippen LogP contribution in [0.1, 0.15) is 6.92 Å². The zero-order chi connectivity index (χ0) is 14.7. The fourth-order valence-corrected chi connectivity index (χ4v) is 2.41. The molecule has 0 amide bonds. The maximum atomic E-state index is 5.58. The molecule has 1 aromatic heterocycles. The Balaban J connectivity index is 1.97. The molecule has 1 aromatic carbocycles. The molecule has 1 aliphatic heterocycles. The molecular formula is C15H19N5O. The van der Waals surface area contributed by atoms with Gasteiger partial charge in [0.1, 0.15) is 11.6 Å². The number of hydrogen-bond acceptors (Lipinski definition) is 6. The number of benzene rings is 1. The highest BCUT2D eigenvalue weighted by Crippen LogP contribution is 2.23. The van der Waals surface area contributed by atoms with Gasteiger partial charge in [0, 0.05) is 24.7 Å². The molecule has 0 saturated carbocycles. The van der Waals surface area contributed by atoms with Crippen molar-refractivity contribution < 1.29 is 4.74 Å². The molecule has 3 rings (SSSR count). The largest absolute Gasteiger partial charge is 0.375 e. The van der Waals surface area contributed by atoms with E-state index in [-0.39, 0.29) is 6.10 Å². The Morgan fingerprint density at radius 2 is 2.10 bits per heavy atom. The van der Waals surface area contributed by atoms with Crippen molar-refractivity contribution >= 4 is 11.6 Å². The van der Waals surface area contributed by atoms with Crippen molar-refractivity contribution in [2.45, 2.75) is 13.0 Å². The standard InChI is InChI=1S/C15H19N5O/c1-11-10-20(7-8-21-11)14-9-13(19-16)17-15(18-14)12-5-3-2-4-6-12/h2-6,9,11H,7-8,10,16H2,1H3,(H,17,18,19). The molecule has 1 aliphatic rings. The summed E-state index contributed by atoms with van der Waals surface area (Å²) in [5, 5.41) is 0. The highest BCUT2D eigenvalue weighted by Gasteiger charge is 2.19. The maximum absolute atomic E-state index is 5.58. The number of morpholine rings is 1. The van der Waals surface area contributed by atoms with E-state index in [1.54, 1.807) is 0 Å². The van der Waals surface area contributed by atoms with Gasteiger partial charge in [-0.25, -0.2) is 15.8 Å². The molecule has 1 fully saturated rings. The zero-order valence-electron chi connectivity index (χ0n) is 12.0. The van der Waals surface area contributed by atoms with Crippen LogP contribution in [0.3, 0.4) is 0 Å². The Kier molecular flexibility index (Phi) is 3.98. The topological polar surface area (TPSA) is 76.3 Å². The Bertz CT molecular complexity index is 604. The van der Waals surface area contributed by atoms with Crippen molar-refractivity contribution in [3.05, 3.63) is 36.4 Å². The minimum absolute atomic E-state index is 0.197. The maximum Gasteiger partial charge on any atom is 0.163 e. The van der Waals surface area contributed by atoms with E-state index in [2.05, 4.69) is 27.2 Å². The van der Waals surface area contributed by atoms with Crippen LogP contribution in [0.15, 0.2) is 36.4 Å². The summed E-state index contributed by atoms with van der Waals surface area (Å²) in [5.74, 6) is 7.68. The number of nitrogen functional groups attached to an aromatic ring is 1. The Labute approximate surface area is 123 Å². The average molecular weight is 285 g/mol. The Hall–Kier alpha value is -2.18. The summed E-state index contributed by atoms with van der Waals surface area (Å²) in [6.07, 6.45) is 0.197. The van der Waals surface area contributed by atoms with Gasteiger partial charge in [-0.05, 0) is 6.92 Å². The number of nitrogens with zero attached hydrogens (tertiary/aromatic N) is 3. The molecule has 1 unspecified atom stereocenters. The van der Waals surface area contributed by atoms with Crippen LogP contribution < -0.4 is 16.2 Å². The molecule has 6 heteroatoms. The summed E-state index contributed by atoms with van der Waals surface area (Å²) < 4.78 is 5.58. The van der Waals surface area contributed by atoms with Crippen molar-refractivity contribution in [2.75, 3.05) is 30.0 Å². The second kappa shape index (κ2) is 6.07. The number of anilines is 2. The van der Waals surface area contributed by atoms with E-state index in [0.29, 0.717) is 18.2 Å². The quantitative estimate of drug-likeness (QED) is 0.660. The predicted molar refractivity (Wildman–Crippen MR) is 82.9 cm³/mol. The summed E-state index contributed by atoms with van der Waals surface area (Å²) in [6.45, 7) is 4.40. The number of ether oxygens (including phenoxy) is 1. The molecule has 3 N–H and O–H groups in total. The second-order valence-corrected chi connectivity index (χ2v) is 5.07. The van der Waals surface area contributed by atoms with Crippen molar-refractivity contribution in [1.82, 2.24) is 9.97 Å². The number of nitrogens with two attached hydrogens (primary N) is 1. The lowest BCUT2D eigenvalue weighted by atomic mass is 10.2. The van der Waals surface area contributed by atoms with Crippen LogP contribution in [0.4, 0.5) is 11.6 Å². The summed E-state index contributed by atoms with van der Waals surface area (Å²) >= 11 is 0. The monoisotopic (exact) mass is 285 g/mol. The molecule has 1 saturated heterocycles. The van der Waals surface area contributed by atoms with Crippen molar-refractivity contribution in [2.24, 2.45) is 5.84 Å². The van der Waals surface area contributed by atoms with Gasteiger partial charge < -0.3 is 15.1 Å². The lowest BCUT2D eigenvalue weighted by molar-refractivity contribution is 0.0529. The van der Waals surface area contributed by atoms with E-state index < -0.39 is 0 Å². The molecule has 0 spiro atoms. The average Bonchev–Trinajstić information content (AvgIpc) is 2.55. The van der Waals surface area contributed by atoms with Gasteiger partial charge in [0.25, 0.3) is 0 Å². The van der Waals surface area contributed by atoms with E-state index in [9.17, 15) is 0 Å². The van der Waals surface area contributed by atoms with Gasteiger partial charge in [0.15, 0.2) is 5.82 Å². The lowest BCUT2D eigenvalue weighted by Gasteiger charge is -2.32. The number of hydrogen-bond donors (Lipinski definition) is 2. The number of rotatable bonds is 3. The number of aromatic nitrogens is 2. The molecule has 1 atom stereocenters. The van der Waals surface area contributed by atoms with Gasteiger partial charge in [-0.3, -0.25) is 0 Å². The van der Waals surface area contributed by atoms with Gasteiger partial charge in [-0.1, -0.05) is 30.3 Å². The van der Waals surface area contributed by atoms with E-state index in [1.165, 1.54) is 0 Å². The zero-order valence-corrected chi connectivity index (χ0v) is 12.0. The molecule has 21 heavy (non-hydrogen) atoms. The second-order valence-electron chi connectivity index (χ2n) is 5.07. The van der Waals surface area contributed by atoms with E-state index in [1.807, 2.05) is 36.4 Å². The van der Waals surface area contributed by atoms with Crippen molar-refractivity contribution in [1.29, 1.82) is 0 Å². The number of nitrogens with one attached hydrogen (secondary N) is 1. The third-order valence-corrected chi connectivity index (χ3v) is 3.46. The summed E-state index contributed by atoms with van der Waals surface area (Å²) in [6, 6.07) is 11.8. The van der Waals surface area contributed by atoms with Gasteiger partial charge in [-0.15, -0.1) is 0 Å². The van der Waals surface area contributed by atoms with Crippen LogP contribution in [0.5, 0.6) is 0 Å². The smallest absolute Gasteiger partial charge is 0.163 e. The third kappa shape index (κ3) is 3.12. The first-order valence-electron chi connectivity index (χ1n) is 7.04. The van der Waals surface area contributed by atoms with Gasteiger partial charge in [0.05, 0.1) is 12.7 Å². The first-order chi connectivity index (χ1) is 10.3. The molecule has 0 aliphatic carbocycles. The van der Waals surface area contributed by atoms with Gasteiger partial charge in [-0.2, -0.15) is 0 Å². The molecule has 110 valence electrons. The van der Waals surface area contributed by atoms with E-state index in [4.69, 9.17) is 10.6 Å².